The van der Waals surface area contributed by atoms with E-state index >= 15 is 0 Å². The molecule has 132 valence electrons. The number of nitro benzene ring substituents is 1. The Morgan fingerprint density at radius 3 is 2.33 bits per heavy atom. The number of ketones is 1. The fourth-order valence-electron chi connectivity index (χ4n) is 2.98. The summed E-state index contributed by atoms with van der Waals surface area (Å²) in [6.45, 7) is 0. The highest BCUT2D eigenvalue weighted by molar-refractivity contribution is 6.09. The molecule has 4 rings (SSSR count). The maximum Gasteiger partial charge on any atom is 0.269 e. The number of rotatable bonds is 4. The van der Waals surface area contributed by atoms with E-state index in [2.05, 4.69) is 4.98 Å². The molecule has 0 amide bonds. The van der Waals surface area contributed by atoms with Crippen LogP contribution in [0.15, 0.2) is 72.9 Å². The third kappa shape index (κ3) is 2.91. The average Bonchev–Trinajstić information content (AvgIpc) is 3.03. The Kier molecular flexibility index (Phi) is 3.89. The van der Waals surface area contributed by atoms with Crippen LogP contribution in [0.25, 0.3) is 16.9 Å². The summed E-state index contributed by atoms with van der Waals surface area (Å²) in [6, 6.07) is 18.5. The first-order valence-corrected chi connectivity index (χ1v) is 8.17. The number of hydrogen-bond acceptors (Lipinski definition) is 5. The van der Waals surface area contributed by atoms with Crippen molar-refractivity contribution in [1.29, 1.82) is 0 Å². The summed E-state index contributed by atoms with van der Waals surface area (Å²) >= 11 is 0. The smallest absolute Gasteiger partial charge is 0.269 e. The molecule has 2 aromatic heterocycles. The van der Waals surface area contributed by atoms with Gasteiger partial charge in [0, 0.05) is 35.0 Å². The molecule has 2 N–H and O–H groups in total. The lowest BCUT2D eigenvalue weighted by atomic mass is 10.1. The van der Waals surface area contributed by atoms with Crippen LogP contribution in [0.1, 0.15) is 15.9 Å². The number of pyridine rings is 1. The Labute approximate surface area is 153 Å². The molecule has 7 heteroatoms. The second-order valence-electron chi connectivity index (χ2n) is 5.99. The van der Waals surface area contributed by atoms with E-state index in [4.69, 9.17) is 5.73 Å². The summed E-state index contributed by atoms with van der Waals surface area (Å²) in [4.78, 5) is 27.4. The Bertz CT molecular complexity index is 1170. The van der Waals surface area contributed by atoms with Crippen LogP contribution in [-0.4, -0.2) is 20.1 Å². The summed E-state index contributed by atoms with van der Waals surface area (Å²) < 4.78 is 1.73. The molecule has 0 aliphatic heterocycles. The van der Waals surface area contributed by atoms with E-state index in [9.17, 15) is 14.9 Å². The van der Waals surface area contributed by atoms with Crippen LogP contribution in [0.2, 0.25) is 0 Å². The molecule has 0 unspecified atom stereocenters. The van der Waals surface area contributed by atoms with Gasteiger partial charge in [-0.2, -0.15) is 0 Å². The largest absolute Gasteiger partial charge is 0.382 e. The summed E-state index contributed by atoms with van der Waals surface area (Å²) in [5.41, 5.74) is 8.99. The molecule has 27 heavy (non-hydrogen) atoms. The molecule has 0 aliphatic carbocycles. The average molecular weight is 358 g/mol. The van der Waals surface area contributed by atoms with Crippen molar-refractivity contribution in [1.82, 2.24) is 9.38 Å². The number of nitrogens with two attached hydrogens (primary N) is 1. The summed E-state index contributed by atoms with van der Waals surface area (Å²) in [7, 11) is 0. The second kappa shape index (κ2) is 6.38. The lowest BCUT2D eigenvalue weighted by molar-refractivity contribution is -0.384. The minimum Gasteiger partial charge on any atom is -0.382 e. The molecule has 0 spiro atoms. The zero-order chi connectivity index (χ0) is 19.0. The van der Waals surface area contributed by atoms with Crippen LogP contribution in [0.4, 0.5) is 11.5 Å². The molecule has 2 heterocycles. The van der Waals surface area contributed by atoms with Crippen LogP contribution >= 0.6 is 0 Å². The fraction of sp³-hybridized carbons (Fsp3) is 0. The number of non-ortho nitro benzene ring substituents is 1. The molecule has 7 nitrogen and oxygen atoms in total. The van der Waals surface area contributed by atoms with E-state index in [1.165, 1.54) is 12.1 Å². The first kappa shape index (κ1) is 16.5. The molecule has 0 saturated carbocycles. The Balaban J connectivity index is 1.83. The van der Waals surface area contributed by atoms with Crippen molar-refractivity contribution in [2.45, 2.75) is 0 Å². The van der Waals surface area contributed by atoms with Gasteiger partial charge in [-0.25, -0.2) is 4.98 Å². The monoisotopic (exact) mass is 358 g/mol. The first-order chi connectivity index (χ1) is 13.0. The van der Waals surface area contributed by atoms with Crippen molar-refractivity contribution < 1.29 is 9.72 Å². The van der Waals surface area contributed by atoms with Gasteiger partial charge in [0.25, 0.3) is 5.69 Å². The van der Waals surface area contributed by atoms with Crippen molar-refractivity contribution >= 4 is 22.9 Å². The predicted molar refractivity (Wildman–Crippen MR) is 102 cm³/mol. The molecule has 0 atom stereocenters. The van der Waals surface area contributed by atoms with Gasteiger partial charge in [0.2, 0.25) is 0 Å². The third-order valence-corrected chi connectivity index (χ3v) is 4.30. The number of anilines is 1. The molecule has 4 aromatic rings. The number of fused-ring (bicyclic) bond motifs is 1. The first-order valence-electron chi connectivity index (χ1n) is 8.17. The topological polar surface area (TPSA) is 104 Å². The number of imidazole rings is 1. The SMILES string of the molecule is Nc1nc2ccc(C(=O)c3ccccc3)cn2c1-c1ccc([N+](=O)[O-])cc1. The normalized spacial score (nSPS) is 10.8. The number of carbonyl (C=O) groups is 1. The lowest BCUT2D eigenvalue weighted by Crippen LogP contribution is -2.03. The molecule has 0 fully saturated rings. The zero-order valence-corrected chi connectivity index (χ0v) is 14.1. The number of nitrogens with zero attached hydrogens (tertiary/aromatic N) is 3. The fourth-order valence-corrected chi connectivity index (χ4v) is 2.98. The van der Waals surface area contributed by atoms with Crippen molar-refractivity contribution in [3.05, 3.63) is 94.2 Å². The number of nitro groups is 1. The van der Waals surface area contributed by atoms with Crippen LogP contribution in [0.5, 0.6) is 0 Å². The molecular formula is C20H14N4O3. The Morgan fingerprint density at radius 1 is 0.963 bits per heavy atom. The maximum atomic E-state index is 12.7. The Morgan fingerprint density at radius 2 is 1.67 bits per heavy atom. The van der Waals surface area contributed by atoms with Gasteiger partial charge >= 0.3 is 0 Å². The van der Waals surface area contributed by atoms with E-state index in [0.29, 0.717) is 28.0 Å². The number of benzene rings is 2. The summed E-state index contributed by atoms with van der Waals surface area (Å²) in [5.74, 6) is 0.174. The maximum absolute atomic E-state index is 12.7. The van der Waals surface area contributed by atoms with Crippen molar-refractivity contribution in [3.8, 4) is 11.3 Å². The van der Waals surface area contributed by atoms with E-state index in [0.717, 1.165) is 0 Å². The van der Waals surface area contributed by atoms with Gasteiger partial charge in [-0.1, -0.05) is 30.3 Å². The minimum atomic E-state index is -0.460. The van der Waals surface area contributed by atoms with E-state index in [1.54, 1.807) is 47.0 Å². The third-order valence-electron chi connectivity index (χ3n) is 4.30. The van der Waals surface area contributed by atoms with Crippen LogP contribution in [0.3, 0.4) is 0 Å². The van der Waals surface area contributed by atoms with E-state index in [1.807, 2.05) is 18.2 Å². The number of nitrogen functional groups attached to an aromatic ring is 1. The molecule has 0 saturated heterocycles. The number of hydrogen-bond donors (Lipinski definition) is 1. The highest BCUT2D eigenvalue weighted by Crippen LogP contribution is 2.29. The van der Waals surface area contributed by atoms with Gasteiger partial charge in [-0.3, -0.25) is 19.3 Å². The van der Waals surface area contributed by atoms with Crippen molar-refractivity contribution in [2.75, 3.05) is 5.73 Å². The van der Waals surface area contributed by atoms with Gasteiger partial charge < -0.3 is 5.73 Å². The van der Waals surface area contributed by atoms with Crippen molar-refractivity contribution in [2.24, 2.45) is 0 Å². The quantitative estimate of drug-likeness (QED) is 0.340. The van der Waals surface area contributed by atoms with Crippen LogP contribution < -0.4 is 5.73 Å². The molecule has 0 radical (unpaired) electrons. The van der Waals surface area contributed by atoms with Gasteiger partial charge in [0.15, 0.2) is 11.6 Å². The highest BCUT2D eigenvalue weighted by Gasteiger charge is 2.16. The van der Waals surface area contributed by atoms with Gasteiger partial charge in [0.05, 0.1) is 10.6 Å². The van der Waals surface area contributed by atoms with E-state index in [-0.39, 0.29) is 17.3 Å². The molecule has 0 aliphatic rings. The van der Waals surface area contributed by atoms with Crippen LogP contribution in [-0.2, 0) is 0 Å². The van der Waals surface area contributed by atoms with Gasteiger partial charge in [-0.15, -0.1) is 0 Å². The number of aromatic nitrogens is 2. The van der Waals surface area contributed by atoms with Crippen LogP contribution in [0, 0.1) is 10.1 Å². The van der Waals surface area contributed by atoms with Gasteiger partial charge in [-0.05, 0) is 24.3 Å². The van der Waals surface area contributed by atoms with Gasteiger partial charge in [0.1, 0.15) is 5.65 Å². The lowest BCUT2D eigenvalue weighted by Gasteiger charge is -2.06. The number of carbonyl (C=O) groups excluding carboxylic acids is 1. The van der Waals surface area contributed by atoms with Crippen molar-refractivity contribution in [3.63, 3.8) is 0 Å². The standard InChI is InChI=1S/C20H14N4O3/c21-20-18(13-6-9-16(10-7-13)24(26)27)23-12-15(8-11-17(23)22-20)19(25)14-4-2-1-3-5-14/h1-12H,21H2. The zero-order valence-electron chi connectivity index (χ0n) is 14.1. The molecule has 0 bridgehead atoms. The minimum absolute atomic E-state index is 0.00825. The highest BCUT2D eigenvalue weighted by atomic mass is 16.6. The molecule has 2 aromatic carbocycles. The Hall–Kier alpha value is -4.00. The van der Waals surface area contributed by atoms with E-state index < -0.39 is 4.92 Å². The summed E-state index contributed by atoms with van der Waals surface area (Å²) in [5, 5.41) is 10.9. The predicted octanol–water partition coefficient (Wildman–Crippen LogP) is 3.72. The summed E-state index contributed by atoms with van der Waals surface area (Å²) in [6.07, 6.45) is 1.69. The second-order valence-corrected chi connectivity index (χ2v) is 5.99. The molecular weight excluding hydrogens is 344 g/mol.